The SMILES string of the molecule is COc1ccc(C(C#N)NCC(C)C)c(Cl)c1OC. The van der Waals surface area contributed by atoms with Gasteiger partial charge in [0.1, 0.15) is 6.04 Å². The van der Waals surface area contributed by atoms with E-state index in [0.717, 1.165) is 6.54 Å². The third-order valence-corrected chi connectivity index (χ3v) is 3.08. The molecule has 4 nitrogen and oxygen atoms in total. The summed E-state index contributed by atoms with van der Waals surface area (Å²) >= 11 is 6.29. The van der Waals surface area contributed by atoms with Crippen LogP contribution < -0.4 is 14.8 Å². The van der Waals surface area contributed by atoms with Gasteiger partial charge in [-0.3, -0.25) is 5.32 Å². The molecular weight excluding hydrogens is 264 g/mol. The predicted molar refractivity (Wildman–Crippen MR) is 75.8 cm³/mol. The Bertz CT molecular complexity index is 469. The number of benzene rings is 1. The van der Waals surface area contributed by atoms with Crippen LogP contribution in [0.15, 0.2) is 12.1 Å². The van der Waals surface area contributed by atoms with Gasteiger partial charge in [-0.05, 0) is 18.5 Å². The molecule has 0 aromatic heterocycles. The van der Waals surface area contributed by atoms with Crippen LogP contribution in [-0.4, -0.2) is 20.8 Å². The van der Waals surface area contributed by atoms with Gasteiger partial charge in [0.25, 0.3) is 0 Å². The van der Waals surface area contributed by atoms with Crippen LogP contribution >= 0.6 is 11.6 Å². The number of methoxy groups -OCH3 is 2. The van der Waals surface area contributed by atoms with Gasteiger partial charge in [0.05, 0.1) is 25.3 Å². The summed E-state index contributed by atoms with van der Waals surface area (Å²) in [6, 6.07) is 5.28. The second kappa shape index (κ2) is 7.22. The van der Waals surface area contributed by atoms with Gasteiger partial charge < -0.3 is 9.47 Å². The molecule has 5 heteroatoms. The van der Waals surface area contributed by atoms with Crippen molar-refractivity contribution in [2.75, 3.05) is 20.8 Å². The third kappa shape index (κ3) is 3.76. The fraction of sp³-hybridized carbons (Fsp3) is 0.500. The number of hydrogen-bond donors (Lipinski definition) is 1. The largest absolute Gasteiger partial charge is 0.493 e. The molecule has 0 saturated heterocycles. The molecule has 0 fully saturated rings. The number of rotatable bonds is 6. The summed E-state index contributed by atoms with van der Waals surface area (Å²) in [6.07, 6.45) is 0. The van der Waals surface area contributed by atoms with Gasteiger partial charge in [-0.2, -0.15) is 5.26 Å². The molecule has 0 aliphatic rings. The van der Waals surface area contributed by atoms with Crippen molar-refractivity contribution in [2.24, 2.45) is 5.92 Å². The highest BCUT2D eigenvalue weighted by atomic mass is 35.5. The van der Waals surface area contributed by atoms with Crippen molar-refractivity contribution >= 4 is 11.6 Å². The topological polar surface area (TPSA) is 54.3 Å². The van der Waals surface area contributed by atoms with Crippen LogP contribution in [0, 0.1) is 17.2 Å². The molecule has 19 heavy (non-hydrogen) atoms. The average Bonchev–Trinajstić information content (AvgIpc) is 2.40. The standard InChI is InChI=1S/C14H19ClN2O2/c1-9(2)8-17-11(7-16)10-5-6-12(18-3)14(19-4)13(10)15/h5-6,9,11,17H,8H2,1-4H3. The first-order valence-electron chi connectivity index (χ1n) is 6.08. The number of nitrogens with one attached hydrogen (secondary N) is 1. The first-order chi connectivity index (χ1) is 9.04. The van der Waals surface area contributed by atoms with Crippen molar-refractivity contribution in [2.45, 2.75) is 19.9 Å². The molecule has 1 unspecified atom stereocenters. The zero-order valence-corrected chi connectivity index (χ0v) is 12.4. The van der Waals surface area contributed by atoms with E-state index in [1.54, 1.807) is 19.2 Å². The maximum absolute atomic E-state index is 9.26. The van der Waals surface area contributed by atoms with E-state index in [-0.39, 0.29) is 0 Å². The van der Waals surface area contributed by atoms with Crippen molar-refractivity contribution in [3.8, 4) is 17.6 Å². The molecule has 0 aliphatic heterocycles. The molecule has 1 aromatic rings. The van der Waals surface area contributed by atoms with Crippen LogP contribution in [-0.2, 0) is 0 Å². The summed E-state index contributed by atoms with van der Waals surface area (Å²) < 4.78 is 10.4. The van der Waals surface area contributed by atoms with Crippen molar-refractivity contribution in [3.05, 3.63) is 22.7 Å². The van der Waals surface area contributed by atoms with Gasteiger partial charge in [0.15, 0.2) is 11.5 Å². The Labute approximate surface area is 119 Å². The molecule has 0 bridgehead atoms. The normalized spacial score (nSPS) is 12.1. The minimum atomic E-state index is -0.463. The summed E-state index contributed by atoms with van der Waals surface area (Å²) in [4.78, 5) is 0. The maximum atomic E-state index is 9.26. The highest BCUT2D eigenvalue weighted by Gasteiger charge is 2.19. The van der Waals surface area contributed by atoms with E-state index in [0.29, 0.717) is 28.0 Å². The number of nitriles is 1. The molecule has 1 atom stereocenters. The lowest BCUT2D eigenvalue weighted by atomic mass is 10.1. The van der Waals surface area contributed by atoms with Gasteiger partial charge in [-0.1, -0.05) is 31.5 Å². The van der Waals surface area contributed by atoms with Gasteiger partial charge in [-0.25, -0.2) is 0 Å². The Balaban J connectivity index is 3.08. The number of nitrogens with zero attached hydrogens (tertiary/aromatic N) is 1. The highest BCUT2D eigenvalue weighted by Crippen LogP contribution is 2.39. The molecule has 1 aromatic carbocycles. The fourth-order valence-electron chi connectivity index (χ4n) is 1.71. The molecule has 0 saturated carbocycles. The lowest BCUT2D eigenvalue weighted by molar-refractivity contribution is 0.354. The summed E-state index contributed by atoms with van der Waals surface area (Å²) in [5, 5.41) is 12.8. The quantitative estimate of drug-likeness (QED) is 0.871. The predicted octanol–water partition coefficient (Wildman–Crippen LogP) is 3.17. The minimum absolute atomic E-state index is 0.407. The molecular formula is C14H19ClN2O2. The summed E-state index contributed by atoms with van der Waals surface area (Å²) in [6.45, 7) is 4.90. The fourth-order valence-corrected chi connectivity index (χ4v) is 2.05. The van der Waals surface area contributed by atoms with E-state index < -0.39 is 6.04 Å². The third-order valence-electron chi connectivity index (χ3n) is 2.69. The van der Waals surface area contributed by atoms with Crippen LogP contribution in [0.2, 0.25) is 5.02 Å². The minimum Gasteiger partial charge on any atom is -0.493 e. The zero-order chi connectivity index (χ0) is 14.4. The molecule has 104 valence electrons. The first-order valence-corrected chi connectivity index (χ1v) is 6.46. The van der Waals surface area contributed by atoms with Gasteiger partial charge in [0, 0.05) is 5.56 Å². The molecule has 0 spiro atoms. The summed E-state index contributed by atoms with van der Waals surface area (Å²) in [7, 11) is 3.07. The van der Waals surface area contributed by atoms with Crippen molar-refractivity contribution < 1.29 is 9.47 Å². The lowest BCUT2D eigenvalue weighted by Crippen LogP contribution is -2.24. The van der Waals surface area contributed by atoms with Crippen LogP contribution in [0.3, 0.4) is 0 Å². The van der Waals surface area contributed by atoms with Crippen LogP contribution in [0.25, 0.3) is 0 Å². The highest BCUT2D eigenvalue weighted by molar-refractivity contribution is 6.33. The zero-order valence-electron chi connectivity index (χ0n) is 11.7. The van der Waals surface area contributed by atoms with Gasteiger partial charge >= 0.3 is 0 Å². The van der Waals surface area contributed by atoms with Crippen LogP contribution in [0.1, 0.15) is 25.5 Å². The summed E-state index contributed by atoms with van der Waals surface area (Å²) in [5.41, 5.74) is 0.697. The molecule has 0 heterocycles. The Hall–Kier alpha value is -1.44. The molecule has 1 rings (SSSR count). The number of halogens is 1. The second-order valence-corrected chi connectivity index (χ2v) is 4.95. The van der Waals surface area contributed by atoms with E-state index in [4.69, 9.17) is 21.1 Å². The van der Waals surface area contributed by atoms with Crippen LogP contribution in [0.5, 0.6) is 11.5 Å². The van der Waals surface area contributed by atoms with E-state index in [1.165, 1.54) is 7.11 Å². The van der Waals surface area contributed by atoms with E-state index in [9.17, 15) is 5.26 Å². The maximum Gasteiger partial charge on any atom is 0.179 e. The average molecular weight is 283 g/mol. The lowest BCUT2D eigenvalue weighted by Gasteiger charge is -2.18. The summed E-state index contributed by atoms with van der Waals surface area (Å²) in [5.74, 6) is 1.46. The molecule has 1 N–H and O–H groups in total. The Morgan fingerprint density at radius 3 is 2.47 bits per heavy atom. The second-order valence-electron chi connectivity index (χ2n) is 4.57. The van der Waals surface area contributed by atoms with Crippen molar-refractivity contribution in [1.29, 1.82) is 5.26 Å². The first kappa shape index (κ1) is 15.6. The number of hydrogen-bond acceptors (Lipinski definition) is 4. The molecule has 0 radical (unpaired) electrons. The number of ether oxygens (including phenoxy) is 2. The van der Waals surface area contributed by atoms with Gasteiger partial charge in [0.2, 0.25) is 0 Å². The molecule has 0 aliphatic carbocycles. The van der Waals surface area contributed by atoms with E-state index >= 15 is 0 Å². The van der Waals surface area contributed by atoms with Crippen molar-refractivity contribution in [1.82, 2.24) is 5.32 Å². The van der Waals surface area contributed by atoms with E-state index in [2.05, 4.69) is 25.2 Å². The monoisotopic (exact) mass is 282 g/mol. The van der Waals surface area contributed by atoms with Crippen molar-refractivity contribution in [3.63, 3.8) is 0 Å². The smallest absolute Gasteiger partial charge is 0.179 e. The van der Waals surface area contributed by atoms with Crippen LogP contribution in [0.4, 0.5) is 0 Å². The van der Waals surface area contributed by atoms with Gasteiger partial charge in [-0.15, -0.1) is 0 Å². The van der Waals surface area contributed by atoms with E-state index in [1.807, 2.05) is 0 Å². The molecule has 0 amide bonds. The Morgan fingerprint density at radius 1 is 1.32 bits per heavy atom. The Kier molecular flexibility index (Phi) is 5.94. The Morgan fingerprint density at radius 2 is 2.00 bits per heavy atom.